The van der Waals surface area contributed by atoms with Crippen molar-refractivity contribution in [2.24, 2.45) is 0 Å². The van der Waals surface area contributed by atoms with Crippen molar-refractivity contribution in [1.82, 2.24) is 20.2 Å². The van der Waals surface area contributed by atoms with Crippen molar-refractivity contribution in [2.75, 3.05) is 19.5 Å². The van der Waals surface area contributed by atoms with Crippen LogP contribution in [0.3, 0.4) is 0 Å². The summed E-state index contributed by atoms with van der Waals surface area (Å²) in [4.78, 5) is 8.19. The number of H-pyrrole nitrogens is 1. The van der Waals surface area contributed by atoms with E-state index in [-0.39, 0.29) is 0 Å². The van der Waals surface area contributed by atoms with Crippen LogP contribution >= 0.6 is 0 Å². The number of benzene rings is 1. The summed E-state index contributed by atoms with van der Waals surface area (Å²) >= 11 is 0. The van der Waals surface area contributed by atoms with Crippen LogP contribution in [0.5, 0.6) is 11.8 Å². The van der Waals surface area contributed by atoms with Crippen molar-refractivity contribution >= 4 is 16.6 Å². The number of nitrogens with zero attached hydrogens (tertiary/aromatic N) is 3. The minimum absolute atomic E-state index is 0.478. The highest BCUT2D eigenvalue weighted by molar-refractivity contribution is 5.89. The molecule has 0 radical (unpaired) electrons. The Kier molecular flexibility index (Phi) is 3.55. The van der Waals surface area contributed by atoms with Gasteiger partial charge in [0.15, 0.2) is 0 Å². The third-order valence-electron chi connectivity index (χ3n) is 3.19. The highest BCUT2D eigenvalue weighted by atomic mass is 16.5. The summed E-state index contributed by atoms with van der Waals surface area (Å²) in [5.74, 6) is 0.984. The summed E-state index contributed by atoms with van der Waals surface area (Å²) in [5.41, 5.74) is 2.66. The molecule has 3 aromatic rings. The maximum absolute atomic E-state index is 5.26. The van der Waals surface area contributed by atoms with E-state index in [9.17, 15) is 0 Å². The molecule has 0 saturated heterocycles. The van der Waals surface area contributed by atoms with E-state index >= 15 is 0 Å². The van der Waals surface area contributed by atoms with E-state index in [4.69, 9.17) is 9.47 Å². The zero-order valence-electron chi connectivity index (χ0n) is 11.8. The highest BCUT2D eigenvalue weighted by Crippen LogP contribution is 2.26. The first-order chi connectivity index (χ1) is 10.3. The van der Waals surface area contributed by atoms with E-state index in [1.165, 1.54) is 6.33 Å². The van der Waals surface area contributed by atoms with Crippen molar-refractivity contribution in [3.63, 3.8) is 0 Å². The lowest BCUT2D eigenvalue weighted by Gasteiger charge is -2.12. The fraction of sp³-hybridized carbons (Fsp3) is 0.214. The Morgan fingerprint density at radius 1 is 1.14 bits per heavy atom. The predicted molar refractivity (Wildman–Crippen MR) is 78.6 cm³/mol. The molecule has 0 amide bonds. The Labute approximate surface area is 121 Å². The zero-order valence-corrected chi connectivity index (χ0v) is 11.8. The standard InChI is InChI=1S/C14H15N5O2/c1-20-13-10(14(21-2)17-8-16-13)7-15-11-5-3-4-9-6-18-19-12(9)11/h3-6,8,15H,7H2,1-2H3,(H,18,19). The van der Waals surface area contributed by atoms with E-state index in [2.05, 4.69) is 25.5 Å². The lowest BCUT2D eigenvalue weighted by Crippen LogP contribution is -2.07. The van der Waals surface area contributed by atoms with E-state index in [0.29, 0.717) is 18.3 Å². The summed E-state index contributed by atoms with van der Waals surface area (Å²) in [6, 6.07) is 5.94. The Bertz CT molecular complexity index is 734. The molecular weight excluding hydrogens is 270 g/mol. The van der Waals surface area contributed by atoms with E-state index in [1.54, 1.807) is 20.4 Å². The van der Waals surface area contributed by atoms with Crippen molar-refractivity contribution in [3.05, 3.63) is 36.3 Å². The van der Waals surface area contributed by atoms with Gasteiger partial charge in [-0.3, -0.25) is 5.10 Å². The fourth-order valence-corrected chi connectivity index (χ4v) is 2.18. The van der Waals surface area contributed by atoms with Crippen molar-refractivity contribution in [3.8, 4) is 11.8 Å². The number of hydrogen-bond donors (Lipinski definition) is 2. The molecule has 0 fully saturated rings. The van der Waals surface area contributed by atoms with Crippen LogP contribution < -0.4 is 14.8 Å². The number of anilines is 1. The fourth-order valence-electron chi connectivity index (χ4n) is 2.18. The third-order valence-corrected chi connectivity index (χ3v) is 3.19. The van der Waals surface area contributed by atoms with E-state index in [1.807, 2.05) is 18.2 Å². The van der Waals surface area contributed by atoms with E-state index < -0.39 is 0 Å². The molecular formula is C14H15N5O2. The molecule has 7 heteroatoms. The lowest BCUT2D eigenvalue weighted by molar-refractivity contribution is 0.363. The smallest absolute Gasteiger partial charge is 0.225 e. The van der Waals surface area contributed by atoms with Gasteiger partial charge in [0, 0.05) is 5.39 Å². The molecule has 1 aromatic carbocycles. The second kappa shape index (κ2) is 5.66. The van der Waals surface area contributed by atoms with Gasteiger partial charge in [-0.25, -0.2) is 9.97 Å². The van der Waals surface area contributed by atoms with Crippen LogP contribution in [0.25, 0.3) is 10.9 Å². The predicted octanol–water partition coefficient (Wildman–Crippen LogP) is 1.98. The quantitative estimate of drug-likeness (QED) is 0.745. The number of ether oxygens (including phenoxy) is 2. The van der Waals surface area contributed by atoms with Crippen LogP contribution in [-0.4, -0.2) is 34.4 Å². The van der Waals surface area contributed by atoms with Gasteiger partial charge in [0.05, 0.1) is 43.7 Å². The van der Waals surface area contributed by atoms with E-state index in [0.717, 1.165) is 22.2 Å². The van der Waals surface area contributed by atoms with Crippen molar-refractivity contribution in [1.29, 1.82) is 0 Å². The molecule has 2 N–H and O–H groups in total. The Morgan fingerprint density at radius 3 is 2.62 bits per heavy atom. The van der Waals surface area contributed by atoms with Crippen molar-refractivity contribution < 1.29 is 9.47 Å². The summed E-state index contributed by atoms with van der Waals surface area (Å²) in [6.07, 6.45) is 3.20. The topological polar surface area (TPSA) is 85.0 Å². The van der Waals surface area contributed by atoms with Gasteiger partial charge in [0.1, 0.15) is 6.33 Å². The monoisotopic (exact) mass is 285 g/mol. The summed E-state index contributed by atoms with van der Waals surface area (Å²) in [6.45, 7) is 0.478. The molecule has 2 heterocycles. The van der Waals surface area contributed by atoms with Crippen molar-refractivity contribution in [2.45, 2.75) is 6.54 Å². The number of nitrogens with one attached hydrogen (secondary N) is 2. The molecule has 3 rings (SSSR count). The summed E-state index contributed by atoms with van der Waals surface area (Å²) < 4.78 is 10.5. The Morgan fingerprint density at radius 2 is 1.90 bits per heavy atom. The minimum atomic E-state index is 0.478. The molecule has 0 atom stereocenters. The molecule has 0 unspecified atom stereocenters. The van der Waals surface area contributed by atoms with Crippen LogP contribution in [0.15, 0.2) is 30.7 Å². The molecule has 0 bridgehead atoms. The van der Waals surface area contributed by atoms with Gasteiger partial charge in [0.2, 0.25) is 11.8 Å². The van der Waals surface area contributed by atoms with Gasteiger partial charge in [-0.15, -0.1) is 0 Å². The van der Waals surface area contributed by atoms with Crippen LogP contribution in [0.4, 0.5) is 5.69 Å². The molecule has 21 heavy (non-hydrogen) atoms. The summed E-state index contributed by atoms with van der Waals surface area (Å²) in [5, 5.41) is 11.4. The second-order valence-electron chi connectivity index (χ2n) is 4.36. The number of aromatic nitrogens is 4. The Hall–Kier alpha value is -2.83. The molecule has 2 aromatic heterocycles. The molecule has 108 valence electrons. The van der Waals surface area contributed by atoms with Crippen LogP contribution in [0, 0.1) is 0 Å². The molecule has 0 aliphatic carbocycles. The van der Waals surface area contributed by atoms with Gasteiger partial charge >= 0.3 is 0 Å². The first-order valence-corrected chi connectivity index (χ1v) is 6.41. The zero-order chi connectivity index (χ0) is 14.7. The van der Waals surface area contributed by atoms with Gasteiger partial charge in [0.25, 0.3) is 0 Å². The summed E-state index contributed by atoms with van der Waals surface area (Å²) in [7, 11) is 3.14. The van der Waals surface area contributed by atoms with Crippen LogP contribution in [0.2, 0.25) is 0 Å². The molecule has 7 nitrogen and oxygen atoms in total. The number of methoxy groups -OCH3 is 2. The second-order valence-corrected chi connectivity index (χ2v) is 4.36. The lowest BCUT2D eigenvalue weighted by atomic mass is 10.2. The average Bonchev–Trinajstić information content (AvgIpc) is 3.01. The van der Waals surface area contributed by atoms with Gasteiger partial charge in [-0.1, -0.05) is 12.1 Å². The number of hydrogen-bond acceptors (Lipinski definition) is 6. The molecule has 0 aliphatic rings. The average molecular weight is 285 g/mol. The number of aromatic amines is 1. The SMILES string of the molecule is COc1ncnc(OC)c1CNc1cccc2cn[nH]c12. The normalized spacial score (nSPS) is 10.6. The maximum atomic E-state index is 5.26. The van der Waals surface area contributed by atoms with Gasteiger partial charge < -0.3 is 14.8 Å². The molecule has 0 spiro atoms. The number of rotatable bonds is 5. The van der Waals surface area contributed by atoms with Crippen LogP contribution in [-0.2, 0) is 6.54 Å². The van der Waals surface area contributed by atoms with Gasteiger partial charge in [-0.2, -0.15) is 5.10 Å². The van der Waals surface area contributed by atoms with Gasteiger partial charge in [-0.05, 0) is 6.07 Å². The first-order valence-electron chi connectivity index (χ1n) is 6.41. The van der Waals surface area contributed by atoms with Crippen LogP contribution in [0.1, 0.15) is 5.56 Å². The third kappa shape index (κ3) is 2.45. The number of para-hydroxylation sites is 1. The molecule has 0 aliphatic heterocycles. The molecule has 0 saturated carbocycles. The Balaban J connectivity index is 1.90. The minimum Gasteiger partial charge on any atom is -0.481 e. The first kappa shape index (κ1) is 13.2. The highest BCUT2D eigenvalue weighted by Gasteiger charge is 2.13. The largest absolute Gasteiger partial charge is 0.481 e. The number of fused-ring (bicyclic) bond motifs is 1. The maximum Gasteiger partial charge on any atom is 0.225 e.